The highest BCUT2D eigenvalue weighted by molar-refractivity contribution is 5.94. The van der Waals surface area contributed by atoms with Crippen LogP contribution < -0.4 is 0 Å². The monoisotopic (exact) mass is 298 g/mol. The van der Waals surface area contributed by atoms with Crippen molar-refractivity contribution in [1.82, 2.24) is 9.80 Å². The third-order valence-corrected chi connectivity index (χ3v) is 3.89. The zero-order chi connectivity index (χ0) is 15.4. The quantitative estimate of drug-likeness (QED) is 0.868. The fourth-order valence-corrected chi connectivity index (χ4v) is 2.61. The van der Waals surface area contributed by atoms with Gasteiger partial charge in [0.05, 0.1) is 18.2 Å². The topological polar surface area (TPSA) is 53.8 Å². The molecule has 1 aliphatic rings. The lowest BCUT2D eigenvalue weighted by atomic mass is 10.1. The molecule has 0 bridgehead atoms. The van der Waals surface area contributed by atoms with Crippen molar-refractivity contribution in [2.24, 2.45) is 0 Å². The standard InChI is InChI=1S/C17H18N2O3/c20-16(12-14-4-2-1-3-5-14)18-7-9-19(10-8-18)17(21)15-6-11-22-13-15/h1-6,11,13H,7-10,12H2. The number of amides is 2. The first kappa shape index (κ1) is 14.4. The van der Waals surface area contributed by atoms with Gasteiger partial charge in [-0.15, -0.1) is 0 Å². The number of rotatable bonds is 3. The van der Waals surface area contributed by atoms with E-state index in [0.717, 1.165) is 5.56 Å². The predicted molar refractivity (Wildman–Crippen MR) is 81.3 cm³/mol. The molecule has 0 N–H and O–H groups in total. The Morgan fingerprint density at radius 2 is 1.64 bits per heavy atom. The van der Waals surface area contributed by atoms with Crippen molar-refractivity contribution >= 4 is 11.8 Å². The van der Waals surface area contributed by atoms with Gasteiger partial charge in [0.2, 0.25) is 5.91 Å². The molecule has 2 amide bonds. The van der Waals surface area contributed by atoms with Gasteiger partial charge in [0.15, 0.2) is 0 Å². The molecular formula is C17H18N2O3. The first-order valence-electron chi connectivity index (χ1n) is 7.37. The highest BCUT2D eigenvalue weighted by atomic mass is 16.3. The summed E-state index contributed by atoms with van der Waals surface area (Å²) in [5.41, 5.74) is 1.58. The summed E-state index contributed by atoms with van der Waals surface area (Å²) in [5.74, 6) is 0.0746. The Hall–Kier alpha value is -2.56. The second-order valence-electron chi connectivity index (χ2n) is 5.35. The largest absolute Gasteiger partial charge is 0.472 e. The van der Waals surface area contributed by atoms with Crippen molar-refractivity contribution in [2.45, 2.75) is 6.42 Å². The van der Waals surface area contributed by atoms with Crippen molar-refractivity contribution in [3.63, 3.8) is 0 Å². The third-order valence-electron chi connectivity index (χ3n) is 3.89. The van der Waals surface area contributed by atoms with Crippen LogP contribution in [0.5, 0.6) is 0 Å². The van der Waals surface area contributed by atoms with Gasteiger partial charge in [-0.1, -0.05) is 30.3 Å². The van der Waals surface area contributed by atoms with Gasteiger partial charge in [0.25, 0.3) is 5.91 Å². The van der Waals surface area contributed by atoms with Crippen molar-refractivity contribution in [1.29, 1.82) is 0 Å². The molecule has 3 rings (SSSR count). The molecule has 114 valence electrons. The molecule has 5 heteroatoms. The minimum atomic E-state index is -0.0380. The minimum absolute atomic E-state index is 0.0380. The van der Waals surface area contributed by atoms with Crippen LogP contribution in [0.1, 0.15) is 15.9 Å². The van der Waals surface area contributed by atoms with Gasteiger partial charge in [-0.2, -0.15) is 0 Å². The van der Waals surface area contributed by atoms with Crippen LogP contribution in [0.15, 0.2) is 53.3 Å². The first-order chi connectivity index (χ1) is 10.7. The van der Waals surface area contributed by atoms with Crippen molar-refractivity contribution in [2.75, 3.05) is 26.2 Å². The van der Waals surface area contributed by atoms with Crippen LogP contribution in [-0.4, -0.2) is 47.8 Å². The van der Waals surface area contributed by atoms with E-state index in [1.165, 1.54) is 12.5 Å². The summed E-state index contributed by atoms with van der Waals surface area (Å²) < 4.78 is 4.94. The van der Waals surface area contributed by atoms with Gasteiger partial charge in [-0.05, 0) is 11.6 Å². The molecule has 0 atom stereocenters. The first-order valence-corrected chi connectivity index (χ1v) is 7.37. The Morgan fingerprint density at radius 3 is 2.27 bits per heavy atom. The van der Waals surface area contributed by atoms with Crippen LogP contribution in [0, 0.1) is 0 Å². The van der Waals surface area contributed by atoms with E-state index in [0.29, 0.717) is 38.2 Å². The number of furan rings is 1. The average molecular weight is 298 g/mol. The number of nitrogens with zero attached hydrogens (tertiary/aromatic N) is 2. The van der Waals surface area contributed by atoms with Gasteiger partial charge < -0.3 is 14.2 Å². The van der Waals surface area contributed by atoms with Gasteiger partial charge in [-0.3, -0.25) is 9.59 Å². The molecule has 1 aliphatic heterocycles. The minimum Gasteiger partial charge on any atom is -0.472 e. The lowest BCUT2D eigenvalue weighted by Crippen LogP contribution is -2.50. The van der Waals surface area contributed by atoms with Crippen LogP contribution in [0.25, 0.3) is 0 Å². The Morgan fingerprint density at radius 1 is 0.955 bits per heavy atom. The maximum atomic E-state index is 12.3. The highest BCUT2D eigenvalue weighted by Crippen LogP contribution is 2.11. The van der Waals surface area contributed by atoms with E-state index in [4.69, 9.17) is 4.42 Å². The van der Waals surface area contributed by atoms with Crippen LogP contribution in [0.2, 0.25) is 0 Å². The summed E-state index contributed by atoms with van der Waals surface area (Å²) in [7, 11) is 0. The SMILES string of the molecule is O=C(Cc1ccccc1)N1CCN(C(=O)c2ccoc2)CC1. The molecular weight excluding hydrogens is 280 g/mol. The maximum absolute atomic E-state index is 12.3. The van der Waals surface area contributed by atoms with Crippen molar-refractivity contribution in [3.05, 3.63) is 60.1 Å². The predicted octanol–water partition coefficient (Wildman–Crippen LogP) is 1.81. The lowest BCUT2D eigenvalue weighted by Gasteiger charge is -2.34. The van der Waals surface area contributed by atoms with Gasteiger partial charge in [-0.25, -0.2) is 0 Å². The fourth-order valence-electron chi connectivity index (χ4n) is 2.61. The van der Waals surface area contributed by atoms with E-state index in [-0.39, 0.29) is 11.8 Å². The zero-order valence-electron chi connectivity index (χ0n) is 12.3. The summed E-state index contributed by atoms with van der Waals surface area (Å²) in [6.45, 7) is 2.28. The van der Waals surface area contributed by atoms with E-state index < -0.39 is 0 Å². The highest BCUT2D eigenvalue weighted by Gasteiger charge is 2.25. The second kappa shape index (κ2) is 6.47. The molecule has 0 radical (unpaired) electrons. The van der Waals surface area contributed by atoms with Gasteiger partial charge >= 0.3 is 0 Å². The molecule has 5 nitrogen and oxygen atoms in total. The molecule has 2 aromatic rings. The normalized spacial score (nSPS) is 14.9. The average Bonchev–Trinajstić information content (AvgIpc) is 3.10. The number of hydrogen-bond acceptors (Lipinski definition) is 3. The molecule has 1 saturated heterocycles. The smallest absolute Gasteiger partial charge is 0.257 e. The summed E-state index contributed by atoms with van der Waals surface area (Å²) in [4.78, 5) is 28.1. The van der Waals surface area contributed by atoms with Gasteiger partial charge in [0, 0.05) is 26.2 Å². The Labute approximate surface area is 129 Å². The maximum Gasteiger partial charge on any atom is 0.257 e. The number of benzene rings is 1. The molecule has 1 fully saturated rings. The molecule has 1 aromatic heterocycles. The molecule has 0 unspecified atom stereocenters. The fraction of sp³-hybridized carbons (Fsp3) is 0.294. The Bertz CT molecular complexity index is 629. The number of hydrogen-bond donors (Lipinski definition) is 0. The van der Waals surface area contributed by atoms with Crippen LogP contribution in [-0.2, 0) is 11.2 Å². The summed E-state index contributed by atoms with van der Waals surface area (Å²) in [5, 5.41) is 0. The molecule has 0 spiro atoms. The van der Waals surface area contributed by atoms with E-state index in [1.54, 1.807) is 11.0 Å². The third kappa shape index (κ3) is 3.19. The number of carbonyl (C=O) groups is 2. The van der Waals surface area contributed by atoms with E-state index in [1.807, 2.05) is 35.2 Å². The molecule has 1 aromatic carbocycles. The van der Waals surface area contributed by atoms with Crippen LogP contribution >= 0.6 is 0 Å². The number of carbonyl (C=O) groups excluding carboxylic acids is 2. The van der Waals surface area contributed by atoms with Gasteiger partial charge in [0.1, 0.15) is 6.26 Å². The number of piperazine rings is 1. The Balaban J connectivity index is 1.53. The van der Waals surface area contributed by atoms with E-state index >= 15 is 0 Å². The van der Waals surface area contributed by atoms with E-state index in [2.05, 4.69) is 0 Å². The summed E-state index contributed by atoms with van der Waals surface area (Å²) in [6.07, 6.45) is 3.36. The lowest BCUT2D eigenvalue weighted by molar-refractivity contribution is -0.131. The molecule has 22 heavy (non-hydrogen) atoms. The second-order valence-corrected chi connectivity index (χ2v) is 5.35. The zero-order valence-corrected chi connectivity index (χ0v) is 12.3. The van der Waals surface area contributed by atoms with Crippen molar-refractivity contribution < 1.29 is 14.0 Å². The summed E-state index contributed by atoms with van der Waals surface area (Å²) >= 11 is 0. The van der Waals surface area contributed by atoms with Crippen LogP contribution in [0.4, 0.5) is 0 Å². The van der Waals surface area contributed by atoms with E-state index in [9.17, 15) is 9.59 Å². The van der Waals surface area contributed by atoms with Crippen molar-refractivity contribution in [3.8, 4) is 0 Å². The van der Waals surface area contributed by atoms with Crippen LogP contribution in [0.3, 0.4) is 0 Å². The molecule has 2 heterocycles. The Kier molecular flexibility index (Phi) is 4.23. The summed E-state index contributed by atoms with van der Waals surface area (Å²) in [6, 6.07) is 11.4. The molecule has 0 saturated carbocycles. The molecule has 0 aliphatic carbocycles.